The summed E-state index contributed by atoms with van der Waals surface area (Å²) in [5, 5.41) is 0. The minimum Gasteiger partial charge on any atom is -0.434 e. The van der Waals surface area contributed by atoms with Gasteiger partial charge in [0, 0.05) is 12.3 Å². The van der Waals surface area contributed by atoms with Crippen LogP contribution in [0.2, 0.25) is 0 Å². The van der Waals surface area contributed by atoms with Gasteiger partial charge in [-0.1, -0.05) is 30.3 Å². The number of carbonyl (C=O) groups excluding carboxylic acids is 2. The standard InChI is InChI=1S/C19H22N2O6S/c1-2-26-19(23)27-17-12-11-16(14-20-17)18(22)21-28(24,25)13-7-6-10-15-8-4-3-5-9-15/h3-5,8-9,11-12,14H,2,6-7,10,13H2,1H3,(H,21,22). The molecule has 1 amide bonds. The quantitative estimate of drug-likeness (QED) is 0.503. The molecular formula is C19H22N2O6S. The average molecular weight is 406 g/mol. The summed E-state index contributed by atoms with van der Waals surface area (Å²) in [5.74, 6) is -1.000. The van der Waals surface area contributed by atoms with E-state index >= 15 is 0 Å². The molecule has 2 rings (SSSR count). The van der Waals surface area contributed by atoms with Gasteiger partial charge in [0.1, 0.15) is 0 Å². The highest BCUT2D eigenvalue weighted by Crippen LogP contribution is 2.10. The van der Waals surface area contributed by atoms with Crippen molar-refractivity contribution in [2.24, 2.45) is 0 Å². The second-order valence-electron chi connectivity index (χ2n) is 5.86. The summed E-state index contributed by atoms with van der Waals surface area (Å²) >= 11 is 0. The van der Waals surface area contributed by atoms with Crippen molar-refractivity contribution in [1.29, 1.82) is 0 Å². The van der Waals surface area contributed by atoms with Crippen LogP contribution in [0, 0.1) is 0 Å². The summed E-state index contributed by atoms with van der Waals surface area (Å²) in [6.07, 6.45) is 2.11. The normalized spacial score (nSPS) is 10.9. The van der Waals surface area contributed by atoms with Gasteiger partial charge in [-0.05, 0) is 37.8 Å². The van der Waals surface area contributed by atoms with E-state index in [1.165, 1.54) is 12.1 Å². The molecule has 1 aromatic carbocycles. The molecule has 1 aromatic heterocycles. The molecule has 1 heterocycles. The zero-order chi connectivity index (χ0) is 20.4. The van der Waals surface area contributed by atoms with Crippen molar-refractivity contribution in [1.82, 2.24) is 9.71 Å². The number of amides is 1. The molecular weight excluding hydrogens is 384 g/mol. The number of nitrogens with zero attached hydrogens (tertiary/aromatic N) is 1. The molecule has 0 saturated carbocycles. The fraction of sp³-hybridized carbons (Fsp3) is 0.316. The molecule has 150 valence electrons. The fourth-order valence-electron chi connectivity index (χ4n) is 2.32. The van der Waals surface area contributed by atoms with Crippen molar-refractivity contribution in [2.45, 2.75) is 26.2 Å². The van der Waals surface area contributed by atoms with Crippen LogP contribution in [0.15, 0.2) is 48.7 Å². The lowest BCUT2D eigenvalue weighted by Crippen LogP contribution is -2.32. The maximum Gasteiger partial charge on any atom is 0.515 e. The Labute approximate surface area is 163 Å². The fourth-order valence-corrected chi connectivity index (χ4v) is 3.41. The number of sulfonamides is 1. The van der Waals surface area contributed by atoms with Gasteiger partial charge in [-0.25, -0.2) is 22.9 Å². The molecule has 0 aliphatic heterocycles. The van der Waals surface area contributed by atoms with Gasteiger partial charge in [-0.3, -0.25) is 4.79 Å². The molecule has 1 N–H and O–H groups in total. The summed E-state index contributed by atoms with van der Waals surface area (Å²) < 4.78 is 35.5. The molecule has 0 spiro atoms. The van der Waals surface area contributed by atoms with E-state index in [-0.39, 0.29) is 23.8 Å². The largest absolute Gasteiger partial charge is 0.515 e. The number of ether oxygens (including phenoxy) is 2. The van der Waals surface area contributed by atoms with Crippen molar-refractivity contribution in [3.05, 3.63) is 59.8 Å². The summed E-state index contributed by atoms with van der Waals surface area (Å²) in [6, 6.07) is 12.3. The van der Waals surface area contributed by atoms with Gasteiger partial charge >= 0.3 is 6.16 Å². The molecule has 8 nitrogen and oxygen atoms in total. The lowest BCUT2D eigenvalue weighted by Gasteiger charge is -2.07. The van der Waals surface area contributed by atoms with Crippen molar-refractivity contribution in [3.8, 4) is 5.88 Å². The number of carbonyl (C=O) groups is 2. The molecule has 0 radical (unpaired) electrons. The van der Waals surface area contributed by atoms with Crippen LogP contribution < -0.4 is 9.46 Å². The highest BCUT2D eigenvalue weighted by atomic mass is 32.2. The first-order valence-corrected chi connectivity index (χ1v) is 10.4. The first-order chi connectivity index (χ1) is 13.4. The van der Waals surface area contributed by atoms with Gasteiger partial charge in [0.25, 0.3) is 5.91 Å². The van der Waals surface area contributed by atoms with E-state index in [4.69, 9.17) is 4.74 Å². The Morgan fingerprint density at radius 2 is 1.82 bits per heavy atom. The predicted octanol–water partition coefficient (Wildman–Crippen LogP) is 2.70. The highest BCUT2D eigenvalue weighted by Gasteiger charge is 2.16. The number of aryl methyl sites for hydroxylation is 1. The zero-order valence-corrected chi connectivity index (χ0v) is 16.3. The minimum atomic E-state index is -3.75. The Bertz CT molecular complexity index is 882. The number of rotatable bonds is 9. The number of pyridine rings is 1. The molecule has 0 saturated heterocycles. The van der Waals surface area contributed by atoms with E-state index in [0.29, 0.717) is 12.8 Å². The second-order valence-corrected chi connectivity index (χ2v) is 7.70. The molecule has 0 bridgehead atoms. The first kappa shape index (κ1) is 21.4. The van der Waals surface area contributed by atoms with E-state index in [0.717, 1.165) is 18.2 Å². The molecule has 28 heavy (non-hydrogen) atoms. The van der Waals surface area contributed by atoms with Crippen LogP contribution in [0.5, 0.6) is 5.88 Å². The molecule has 0 aliphatic carbocycles. The van der Waals surface area contributed by atoms with E-state index < -0.39 is 22.1 Å². The summed E-state index contributed by atoms with van der Waals surface area (Å²) in [7, 11) is -3.75. The van der Waals surface area contributed by atoms with Crippen molar-refractivity contribution in [2.75, 3.05) is 12.4 Å². The summed E-state index contributed by atoms with van der Waals surface area (Å²) in [6.45, 7) is 1.78. The van der Waals surface area contributed by atoms with Crippen LogP contribution in [-0.2, 0) is 21.2 Å². The highest BCUT2D eigenvalue weighted by molar-refractivity contribution is 7.90. The van der Waals surface area contributed by atoms with E-state index in [9.17, 15) is 18.0 Å². The Kier molecular flexibility index (Phi) is 7.94. The van der Waals surface area contributed by atoms with Gasteiger partial charge in [0.05, 0.1) is 17.9 Å². The van der Waals surface area contributed by atoms with E-state index in [1.807, 2.05) is 35.1 Å². The van der Waals surface area contributed by atoms with Crippen molar-refractivity contribution in [3.63, 3.8) is 0 Å². The Morgan fingerprint density at radius 3 is 2.46 bits per heavy atom. The van der Waals surface area contributed by atoms with Gasteiger partial charge in [-0.2, -0.15) is 0 Å². The lowest BCUT2D eigenvalue weighted by molar-refractivity contribution is 0.0981. The Morgan fingerprint density at radius 1 is 1.07 bits per heavy atom. The van der Waals surface area contributed by atoms with Crippen LogP contribution in [0.3, 0.4) is 0 Å². The number of unbranched alkanes of at least 4 members (excludes halogenated alkanes) is 1. The maximum atomic E-state index is 12.1. The molecule has 0 atom stereocenters. The number of hydrogen-bond donors (Lipinski definition) is 1. The van der Waals surface area contributed by atoms with Crippen LogP contribution in [0.4, 0.5) is 4.79 Å². The van der Waals surface area contributed by atoms with Crippen molar-refractivity contribution >= 4 is 22.1 Å². The topological polar surface area (TPSA) is 112 Å². The molecule has 2 aromatic rings. The van der Waals surface area contributed by atoms with Crippen LogP contribution in [-0.4, -0.2) is 37.8 Å². The van der Waals surface area contributed by atoms with Crippen LogP contribution in [0.1, 0.15) is 35.7 Å². The van der Waals surface area contributed by atoms with Crippen LogP contribution >= 0.6 is 0 Å². The average Bonchev–Trinajstić information content (AvgIpc) is 2.66. The third-order valence-electron chi connectivity index (χ3n) is 3.67. The summed E-state index contributed by atoms with van der Waals surface area (Å²) in [5.41, 5.74) is 1.17. The third kappa shape index (κ3) is 7.36. The zero-order valence-electron chi connectivity index (χ0n) is 15.5. The second kappa shape index (κ2) is 10.4. The number of aromatic nitrogens is 1. The number of benzene rings is 1. The molecule has 0 unspecified atom stereocenters. The van der Waals surface area contributed by atoms with Gasteiger partial charge in [-0.15, -0.1) is 0 Å². The predicted molar refractivity (Wildman–Crippen MR) is 103 cm³/mol. The monoisotopic (exact) mass is 406 g/mol. The first-order valence-electron chi connectivity index (χ1n) is 8.79. The number of nitrogens with one attached hydrogen (secondary N) is 1. The smallest absolute Gasteiger partial charge is 0.434 e. The van der Waals surface area contributed by atoms with Gasteiger partial charge in [0.15, 0.2) is 0 Å². The van der Waals surface area contributed by atoms with E-state index in [1.54, 1.807) is 6.92 Å². The van der Waals surface area contributed by atoms with Crippen molar-refractivity contribution < 1.29 is 27.5 Å². The third-order valence-corrected chi connectivity index (χ3v) is 4.99. The lowest BCUT2D eigenvalue weighted by atomic mass is 10.1. The summed E-state index contributed by atoms with van der Waals surface area (Å²) in [4.78, 5) is 27.1. The Hall–Kier alpha value is -2.94. The number of hydrogen-bond acceptors (Lipinski definition) is 7. The van der Waals surface area contributed by atoms with Gasteiger partial charge < -0.3 is 9.47 Å². The maximum absolute atomic E-state index is 12.1. The molecule has 0 fully saturated rings. The molecule has 9 heteroatoms. The van der Waals surface area contributed by atoms with E-state index in [2.05, 4.69) is 9.72 Å². The SMILES string of the molecule is CCOC(=O)Oc1ccc(C(=O)NS(=O)(=O)CCCCc2ccccc2)cn1. The Balaban J connectivity index is 1.80. The molecule has 0 aliphatic rings. The minimum absolute atomic E-state index is 0.0315. The van der Waals surface area contributed by atoms with Gasteiger partial charge in [0.2, 0.25) is 15.9 Å². The van der Waals surface area contributed by atoms with Crippen LogP contribution in [0.25, 0.3) is 0 Å².